The average Bonchev–Trinajstić information content (AvgIpc) is 3.39. The fourth-order valence-electron chi connectivity index (χ4n) is 4.95. The van der Waals surface area contributed by atoms with Crippen LogP contribution in [-0.2, 0) is 11.5 Å². The zero-order valence-corrected chi connectivity index (χ0v) is 22.4. The summed E-state index contributed by atoms with van der Waals surface area (Å²) in [5, 5.41) is 11.4. The number of carbonyl (C=O) groups excluding carboxylic acids is 1. The van der Waals surface area contributed by atoms with E-state index in [2.05, 4.69) is 30.3 Å². The number of nitrogens with one attached hydrogen (secondary N) is 2. The van der Waals surface area contributed by atoms with Gasteiger partial charge >= 0.3 is 0 Å². The molecule has 1 amide bonds. The highest BCUT2D eigenvalue weighted by Gasteiger charge is 2.51. The maximum Gasteiger partial charge on any atom is 0.272 e. The zero-order valence-electron chi connectivity index (χ0n) is 21.4. The van der Waals surface area contributed by atoms with Gasteiger partial charge in [0, 0.05) is 33.3 Å². The topological polar surface area (TPSA) is 77.4 Å². The summed E-state index contributed by atoms with van der Waals surface area (Å²) in [6, 6.07) is 20.5. The fourth-order valence-corrected chi connectivity index (χ4v) is 5.71. The van der Waals surface area contributed by atoms with Crippen LogP contribution in [0.1, 0.15) is 23.3 Å². The third-order valence-electron chi connectivity index (χ3n) is 7.27. The van der Waals surface area contributed by atoms with E-state index in [0.29, 0.717) is 24.0 Å². The van der Waals surface area contributed by atoms with Crippen molar-refractivity contribution in [2.75, 3.05) is 19.7 Å². The van der Waals surface area contributed by atoms with Crippen LogP contribution in [0, 0.1) is 5.92 Å². The lowest BCUT2D eigenvalue weighted by Crippen LogP contribution is -2.60. The summed E-state index contributed by atoms with van der Waals surface area (Å²) >= 11 is 0. The Hall–Kier alpha value is -2.94. The summed E-state index contributed by atoms with van der Waals surface area (Å²) < 4.78 is 14.1. The Balaban J connectivity index is 1.42. The summed E-state index contributed by atoms with van der Waals surface area (Å²) in [4.78, 5) is 13.3. The molecule has 3 aromatic rings. The first kappa shape index (κ1) is 24.7. The van der Waals surface area contributed by atoms with Crippen LogP contribution in [0.15, 0.2) is 60.7 Å². The largest absolute Gasteiger partial charge is 0.457 e. The van der Waals surface area contributed by atoms with Gasteiger partial charge in [-0.3, -0.25) is 4.79 Å². The minimum absolute atomic E-state index is 0.132. The van der Waals surface area contributed by atoms with E-state index in [1.807, 2.05) is 60.7 Å². The highest BCUT2D eigenvalue weighted by molar-refractivity contribution is 6.76. The van der Waals surface area contributed by atoms with E-state index in [9.17, 15) is 4.79 Å². The molecule has 2 fully saturated rings. The summed E-state index contributed by atoms with van der Waals surface area (Å²) in [7, 11) is -1.21. The van der Waals surface area contributed by atoms with Crippen molar-refractivity contribution in [3.05, 3.63) is 66.4 Å². The number of ether oxygens (including phenoxy) is 2. The number of fused-ring (bicyclic) bond motifs is 1. The van der Waals surface area contributed by atoms with Crippen molar-refractivity contribution in [1.82, 2.24) is 20.4 Å². The van der Waals surface area contributed by atoms with Crippen molar-refractivity contribution < 1.29 is 14.3 Å². The molecule has 2 heterocycles. The maximum absolute atomic E-state index is 13.3. The Labute approximate surface area is 214 Å². The first-order chi connectivity index (χ1) is 17.3. The Morgan fingerprint density at radius 1 is 1.17 bits per heavy atom. The van der Waals surface area contributed by atoms with E-state index < -0.39 is 8.07 Å². The Morgan fingerprint density at radius 2 is 1.94 bits per heavy atom. The zero-order chi connectivity index (χ0) is 25.2. The number of benzene rings is 2. The van der Waals surface area contributed by atoms with Crippen LogP contribution >= 0.6 is 0 Å². The molecule has 1 saturated carbocycles. The Bertz CT molecular complexity index is 1210. The van der Waals surface area contributed by atoms with Gasteiger partial charge in [-0.15, -0.1) is 0 Å². The van der Waals surface area contributed by atoms with Gasteiger partial charge in [0.25, 0.3) is 5.91 Å². The van der Waals surface area contributed by atoms with Crippen molar-refractivity contribution in [3.8, 4) is 22.8 Å². The number of rotatable bonds is 10. The lowest BCUT2D eigenvalue weighted by molar-refractivity contribution is 0.0733. The van der Waals surface area contributed by atoms with E-state index in [1.165, 1.54) is 0 Å². The smallest absolute Gasteiger partial charge is 0.272 e. The second kappa shape index (κ2) is 10.2. The fraction of sp³-hybridized carbons (Fsp3) is 0.429. The molecule has 2 atom stereocenters. The molecule has 7 nitrogen and oxygen atoms in total. The monoisotopic (exact) mass is 504 g/mol. The molecule has 0 radical (unpaired) electrons. The number of aromatic nitrogens is 2. The number of carbonyl (C=O) groups is 1. The molecule has 2 aliphatic rings. The summed E-state index contributed by atoms with van der Waals surface area (Å²) in [6.07, 6.45) is 2.17. The number of para-hydroxylation sites is 2. The molecule has 190 valence electrons. The van der Waals surface area contributed by atoms with Crippen LogP contribution in [0.25, 0.3) is 11.3 Å². The molecule has 0 spiro atoms. The van der Waals surface area contributed by atoms with Gasteiger partial charge < -0.3 is 20.1 Å². The molecule has 1 saturated heterocycles. The third-order valence-corrected chi connectivity index (χ3v) is 8.97. The molecule has 2 N–H and O–H groups in total. The lowest BCUT2D eigenvalue weighted by atomic mass is 9.69. The summed E-state index contributed by atoms with van der Waals surface area (Å²) in [6.45, 7) is 9.75. The minimum Gasteiger partial charge on any atom is -0.457 e. The van der Waals surface area contributed by atoms with Gasteiger partial charge in [-0.05, 0) is 55.1 Å². The second-order valence-electron chi connectivity index (χ2n) is 11.2. The lowest BCUT2D eigenvalue weighted by Gasteiger charge is -2.44. The van der Waals surface area contributed by atoms with E-state index >= 15 is 0 Å². The van der Waals surface area contributed by atoms with Gasteiger partial charge in [0.2, 0.25) is 0 Å². The van der Waals surface area contributed by atoms with Gasteiger partial charge in [0.05, 0.1) is 11.2 Å². The van der Waals surface area contributed by atoms with Crippen molar-refractivity contribution >= 4 is 14.0 Å². The van der Waals surface area contributed by atoms with E-state index in [0.717, 1.165) is 49.0 Å². The highest BCUT2D eigenvalue weighted by atomic mass is 28.3. The summed E-state index contributed by atoms with van der Waals surface area (Å²) in [5.74, 6) is 1.83. The summed E-state index contributed by atoms with van der Waals surface area (Å²) in [5.41, 5.74) is 1.93. The molecule has 1 aromatic heterocycles. The highest BCUT2D eigenvalue weighted by Crippen LogP contribution is 2.41. The van der Waals surface area contributed by atoms with Gasteiger partial charge in [-0.1, -0.05) is 50.0 Å². The molecule has 2 unspecified atom stereocenters. The van der Waals surface area contributed by atoms with Crippen LogP contribution in [0.2, 0.25) is 25.7 Å². The molecule has 8 heteroatoms. The predicted molar refractivity (Wildman–Crippen MR) is 144 cm³/mol. The quantitative estimate of drug-likeness (QED) is 0.295. The standard InChI is InChI=1S/C28H36N4O3Si/c1-36(2,3)16-15-34-20-32-25(23-11-7-8-12-26(23)35-22-9-5-4-6-10-22)17-24(31-32)27(33)30-28-14-13-21(28)18-29-19-28/h4-12,17,21,29H,13-16,18-20H2,1-3H3,(H,30,33). The van der Waals surface area contributed by atoms with Crippen molar-refractivity contribution in [3.63, 3.8) is 0 Å². The number of nitrogens with zero attached hydrogens (tertiary/aromatic N) is 2. The van der Waals surface area contributed by atoms with Gasteiger partial charge in [0.15, 0.2) is 5.69 Å². The Morgan fingerprint density at radius 3 is 2.67 bits per heavy atom. The van der Waals surface area contributed by atoms with Crippen molar-refractivity contribution in [2.45, 2.75) is 50.8 Å². The third kappa shape index (κ3) is 5.40. The van der Waals surface area contributed by atoms with E-state index in [1.54, 1.807) is 4.68 Å². The molecule has 2 aromatic carbocycles. The molecule has 5 rings (SSSR count). The van der Waals surface area contributed by atoms with Crippen LogP contribution in [0.4, 0.5) is 0 Å². The average molecular weight is 505 g/mol. The minimum atomic E-state index is -1.21. The predicted octanol–water partition coefficient (Wildman–Crippen LogP) is 5.14. The SMILES string of the molecule is C[Si](C)(C)CCOCn1nc(C(=O)NC23CCC2CNC3)cc1-c1ccccc1Oc1ccccc1. The molecule has 0 bridgehead atoms. The van der Waals surface area contributed by atoms with Crippen molar-refractivity contribution in [1.29, 1.82) is 0 Å². The second-order valence-corrected chi connectivity index (χ2v) is 16.8. The number of hydrogen-bond acceptors (Lipinski definition) is 5. The molecular formula is C28H36N4O3Si. The number of amides is 1. The van der Waals surface area contributed by atoms with Crippen LogP contribution in [-0.4, -0.2) is 49.0 Å². The molecule has 1 aliphatic carbocycles. The van der Waals surface area contributed by atoms with Crippen LogP contribution in [0.5, 0.6) is 11.5 Å². The van der Waals surface area contributed by atoms with E-state index in [-0.39, 0.29) is 18.2 Å². The van der Waals surface area contributed by atoms with Crippen LogP contribution in [0.3, 0.4) is 0 Å². The van der Waals surface area contributed by atoms with E-state index in [4.69, 9.17) is 14.6 Å². The normalized spacial score (nSPS) is 21.0. The van der Waals surface area contributed by atoms with Crippen molar-refractivity contribution in [2.24, 2.45) is 5.92 Å². The van der Waals surface area contributed by atoms with Gasteiger partial charge in [0.1, 0.15) is 18.2 Å². The van der Waals surface area contributed by atoms with Gasteiger partial charge in [-0.25, -0.2) is 4.68 Å². The number of hydrogen-bond donors (Lipinski definition) is 2. The van der Waals surface area contributed by atoms with Gasteiger partial charge in [-0.2, -0.15) is 5.10 Å². The first-order valence-corrected chi connectivity index (χ1v) is 16.5. The Kier molecular flexibility index (Phi) is 7.01. The van der Waals surface area contributed by atoms with Crippen LogP contribution < -0.4 is 15.4 Å². The molecule has 36 heavy (non-hydrogen) atoms. The molecular weight excluding hydrogens is 468 g/mol. The maximum atomic E-state index is 13.3. The first-order valence-electron chi connectivity index (χ1n) is 12.8. The molecule has 1 aliphatic heterocycles.